The van der Waals surface area contributed by atoms with E-state index < -0.39 is 0 Å². The second-order valence-corrected chi connectivity index (χ2v) is 6.01. The maximum atomic E-state index is 12.1. The summed E-state index contributed by atoms with van der Waals surface area (Å²) in [4.78, 5) is 13.8. The molecule has 1 aromatic carbocycles. The number of carbonyl (C=O) groups excluding carboxylic acids is 1. The Labute approximate surface area is 119 Å². The van der Waals surface area contributed by atoms with Gasteiger partial charge in [0.15, 0.2) is 0 Å². The van der Waals surface area contributed by atoms with Crippen LogP contribution in [0, 0.1) is 11.3 Å². The van der Waals surface area contributed by atoms with Crippen molar-refractivity contribution in [3.05, 3.63) is 35.9 Å². The van der Waals surface area contributed by atoms with Gasteiger partial charge in [-0.1, -0.05) is 30.3 Å². The van der Waals surface area contributed by atoms with Crippen molar-refractivity contribution < 1.29 is 14.6 Å². The Hall–Kier alpha value is -1.55. The van der Waals surface area contributed by atoms with Crippen LogP contribution in [0.3, 0.4) is 0 Å². The molecular formula is C16H21NO3. The van der Waals surface area contributed by atoms with E-state index in [0.29, 0.717) is 25.6 Å². The molecule has 0 bridgehead atoms. The van der Waals surface area contributed by atoms with Crippen molar-refractivity contribution in [2.45, 2.75) is 25.9 Å². The van der Waals surface area contributed by atoms with Crippen molar-refractivity contribution in [1.29, 1.82) is 0 Å². The maximum absolute atomic E-state index is 12.1. The summed E-state index contributed by atoms with van der Waals surface area (Å²) in [5.74, 6) is 0.597. The summed E-state index contributed by atoms with van der Waals surface area (Å²) in [7, 11) is 0. The van der Waals surface area contributed by atoms with E-state index in [0.717, 1.165) is 12.0 Å². The number of carbonyl (C=O) groups is 1. The van der Waals surface area contributed by atoms with Crippen LogP contribution in [-0.4, -0.2) is 35.8 Å². The van der Waals surface area contributed by atoms with Gasteiger partial charge in [-0.2, -0.15) is 0 Å². The van der Waals surface area contributed by atoms with Gasteiger partial charge in [0.2, 0.25) is 0 Å². The van der Waals surface area contributed by atoms with Crippen molar-refractivity contribution in [3.63, 3.8) is 0 Å². The average molecular weight is 275 g/mol. The molecule has 4 heteroatoms. The number of ether oxygens (including phenoxy) is 1. The minimum Gasteiger partial charge on any atom is -0.445 e. The molecule has 1 unspecified atom stereocenters. The number of benzene rings is 1. The maximum Gasteiger partial charge on any atom is 0.410 e. The molecule has 2 fully saturated rings. The van der Waals surface area contributed by atoms with Gasteiger partial charge in [0.1, 0.15) is 6.61 Å². The Balaban J connectivity index is 1.53. The van der Waals surface area contributed by atoms with Crippen LogP contribution in [0.5, 0.6) is 0 Å². The van der Waals surface area contributed by atoms with Crippen LogP contribution in [0.2, 0.25) is 0 Å². The molecule has 0 aromatic heterocycles. The molecule has 1 N–H and O–H groups in total. The third-order valence-electron chi connectivity index (χ3n) is 4.61. The van der Waals surface area contributed by atoms with E-state index in [2.05, 4.69) is 0 Å². The molecule has 1 aliphatic carbocycles. The van der Waals surface area contributed by atoms with E-state index in [1.54, 1.807) is 4.90 Å². The zero-order valence-electron chi connectivity index (χ0n) is 11.6. The number of amides is 1. The molecule has 1 saturated carbocycles. The van der Waals surface area contributed by atoms with Gasteiger partial charge >= 0.3 is 6.09 Å². The zero-order chi connectivity index (χ0) is 14.0. The Kier molecular flexibility index (Phi) is 3.66. The lowest BCUT2D eigenvalue weighted by atomic mass is 9.83. The average Bonchev–Trinajstić information content (AvgIpc) is 3.26. The number of aliphatic hydroxyl groups excluding tert-OH is 1. The Bertz CT molecular complexity index is 472. The summed E-state index contributed by atoms with van der Waals surface area (Å²) in [6.45, 7) is 1.83. The van der Waals surface area contributed by atoms with Crippen molar-refractivity contribution in [1.82, 2.24) is 4.90 Å². The first-order valence-electron chi connectivity index (χ1n) is 7.30. The smallest absolute Gasteiger partial charge is 0.410 e. The zero-order valence-corrected chi connectivity index (χ0v) is 11.6. The van der Waals surface area contributed by atoms with Crippen LogP contribution in [0.4, 0.5) is 4.79 Å². The van der Waals surface area contributed by atoms with Crippen molar-refractivity contribution in [2.24, 2.45) is 11.3 Å². The normalized spacial score (nSPS) is 25.8. The van der Waals surface area contributed by atoms with Crippen molar-refractivity contribution in [3.8, 4) is 0 Å². The molecule has 1 aromatic rings. The largest absolute Gasteiger partial charge is 0.445 e. The molecule has 0 spiro atoms. The van der Waals surface area contributed by atoms with Crippen LogP contribution in [0.15, 0.2) is 30.3 Å². The van der Waals surface area contributed by atoms with Gasteiger partial charge in [-0.05, 0) is 30.7 Å². The second-order valence-electron chi connectivity index (χ2n) is 6.01. The van der Waals surface area contributed by atoms with Crippen molar-refractivity contribution in [2.75, 3.05) is 19.7 Å². The highest BCUT2D eigenvalue weighted by atomic mass is 16.6. The molecule has 1 saturated heterocycles. The van der Waals surface area contributed by atoms with E-state index in [1.807, 2.05) is 30.3 Å². The summed E-state index contributed by atoms with van der Waals surface area (Å²) in [6, 6.07) is 9.70. The number of nitrogens with zero attached hydrogens (tertiary/aromatic N) is 1. The Morgan fingerprint density at radius 1 is 1.35 bits per heavy atom. The highest BCUT2D eigenvalue weighted by molar-refractivity contribution is 5.68. The van der Waals surface area contributed by atoms with Gasteiger partial charge in [-0.15, -0.1) is 0 Å². The first kappa shape index (κ1) is 13.4. The SMILES string of the molecule is O=C(OCc1ccccc1)N1CCC(CO)(C2CC2)C1. The van der Waals surface area contributed by atoms with Crippen LogP contribution in [0.1, 0.15) is 24.8 Å². The number of hydrogen-bond acceptors (Lipinski definition) is 3. The summed E-state index contributed by atoms with van der Waals surface area (Å²) in [5, 5.41) is 9.66. The number of hydrogen-bond donors (Lipinski definition) is 1. The van der Waals surface area contributed by atoms with E-state index in [9.17, 15) is 9.90 Å². The minimum atomic E-state index is -0.259. The fraction of sp³-hybridized carbons (Fsp3) is 0.562. The van der Waals surface area contributed by atoms with Gasteiger partial charge in [-0.3, -0.25) is 0 Å². The summed E-state index contributed by atoms with van der Waals surface area (Å²) in [5.41, 5.74) is 0.932. The summed E-state index contributed by atoms with van der Waals surface area (Å²) in [6.07, 6.45) is 3.01. The molecule has 20 heavy (non-hydrogen) atoms. The fourth-order valence-electron chi connectivity index (χ4n) is 3.15. The van der Waals surface area contributed by atoms with Gasteiger partial charge < -0.3 is 14.7 Å². The standard InChI is InChI=1S/C16H21NO3/c18-12-16(14-6-7-14)8-9-17(11-16)15(19)20-10-13-4-2-1-3-5-13/h1-5,14,18H,6-12H2. The lowest BCUT2D eigenvalue weighted by Gasteiger charge is -2.26. The molecule has 108 valence electrons. The van der Waals surface area contributed by atoms with E-state index in [4.69, 9.17) is 4.74 Å². The van der Waals surface area contributed by atoms with Crippen molar-refractivity contribution >= 4 is 6.09 Å². The van der Waals surface area contributed by atoms with E-state index in [1.165, 1.54) is 12.8 Å². The molecule has 1 atom stereocenters. The molecule has 1 aliphatic heterocycles. The molecule has 0 radical (unpaired) electrons. The van der Waals surface area contributed by atoms with Crippen LogP contribution >= 0.6 is 0 Å². The molecule has 2 aliphatic rings. The Morgan fingerprint density at radius 2 is 2.10 bits per heavy atom. The topological polar surface area (TPSA) is 49.8 Å². The second kappa shape index (κ2) is 5.44. The predicted octanol–water partition coefficient (Wildman–Crippen LogP) is 2.42. The first-order valence-corrected chi connectivity index (χ1v) is 7.30. The number of likely N-dealkylation sites (tertiary alicyclic amines) is 1. The molecule has 1 amide bonds. The van der Waals surface area contributed by atoms with Crippen LogP contribution in [-0.2, 0) is 11.3 Å². The van der Waals surface area contributed by atoms with Gasteiger partial charge in [0, 0.05) is 18.5 Å². The molecular weight excluding hydrogens is 254 g/mol. The molecule has 4 nitrogen and oxygen atoms in total. The Morgan fingerprint density at radius 3 is 2.75 bits per heavy atom. The van der Waals surface area contributed by atoms with Gasteiger partial charge in [-0.25, -0.2) is 4.79 Å². The van der Waals surface area contributed by atoms with Gasteiger partial charge in [0.05, 0.1) is 6.61 Å². The predicted molar refractivity (Wildman–Crippen MR) is 75.1 cm³/mol. The third-order valence-corrected chi connectivity index (χ3v) is 4.61. The summed E-state index contributed by atoms with van der Waals surface area (Å²) >= 11 is 0. The third kappa shape index (κ3) is 2.66. The lowest BCUT2D eigenvalue weighted by Crippen LogP contribution is -2.35. The number of rotatable bonds is 4. The van der Waals surface area contributed by atoms with Crippen LogP contribution < -0.4 is 0 Å². The quantitative estimate of drug-likeness (QED) is 0.918. The van der Waals surface area contributed by atoms with E-state index >= 15 is 0 Å². The summed E-state index contributed by atoms with van der Waals surface area (Å²) < 4.78 is 5.36. The fourth-order valence-corrected chi connectivity index (χ4v) is 3.15. The van der Waals surface area contributed by atoms with Gasteiger partial charge in [0.25, 0.3) is 0 Å². The highest BCUT2D eigenvalue weighted by Gasteiger charge is 2.50. The molecule has 3 rings (SSSR count). The minimum absolute atomic E-state index is 0.0637. The highest BCUT2D eigenvalue weighted by Crippen LogP contribution is 2.50. The number of aliphatic hydroxyl groups is 1. The monoisotopic (exact) mass is 275 g/mol. The van der Waals surface area contributed by atoms with E-state index in [-0.39, 0.29) is 18.1 Å². The first-order chi connectivity index (χ1) is 9.73. The lowest BCUT2D eigenvalue weighted by molar-refractivity contribution is 0.0824. The van der Waals surface area contributed by atoms with Crippen LogP contribution in [0.25, 0.3) is 0 Å². The molecule has 1 heterocycles.